The van der Waals surface area contributed by atoms with E-state index in [9.17, 15) is 5.11 Å². The zero-order valence-electron chi connectivity index (χ0n) is 13.9. The average molecular weight is 337 g/mol. The van der Waals surface area contributed by atoms with Crippen LogP contribution in [-0.4, -0.2) is 56.0 Å². The number of aromatic hydroxyl groups is 1. The van der Waals surface area contributed by atoms with Crippen molar-refractivity contribution in [3.05, 3.63) is 43.1 Å². The molecule has 3 aromatic rings. The van der Waals surface area contributed by atoms with Gasteiger partial charge >= 0.3 is 0 Å². The Morgan fingerprint density at radius 1 is 1.28 bits per heavy atom. The number of phenols is 1. The Morgan fingerprint density at radius 3 is 2.84 bits per heavy atom. The summed E-state index contributed by atoms with van der Waals surface area (Å²) in [7, 11) is 1.96. The highest BCUT2D eigenvalue weighted by Crippen LogP contribution is 2.29. The van der Waals surface area contributed by atoms with Crippen LogP contribution in [0.5, 0.6) is 5.75 Å². The number of rotatable bonds is 4. The molecule has 0 radical (unpaired) electrons. The van der Waals surface area contributed by atoms with Crippen molar-refractivity contribution in [2.75, 3.05) is 25.0 Å². The standard InChI is InChI=1S/C17H19N7O/c1-18-12-4-6-23(10-12)17-20-9-15(21-22-17)14-3-2-13(8-16(14)25)24-7-5-19-11-24/h2-3,5,7-9,11-12,18,25H,4,6,10H2,1H3. The number of nitrogens with zero attached hydrogens (tertiary/aromatic N) is 6. The summed E-state index contributed by atoms with van der Waals surface area (Å²) in [5.41, 5.74) is 1.97. The van der Waals surface area contributed by atoms with Crippen molar-refractivity contribution in [1.82, 2.24) is 30.0 Å². The lowest BCUT2D eigenvalue weighted by Gasteiger charge is -2.15. The average Bonchev–Trinajstić information content (AvgIpc) is 3.34. The van der Waals surface area contributed by atoms with Gasteiger partial charge < -0.3 is 19.9 Å². The fraction of sp³-hybridized carbons (Fsp3) is 0.294. The van der Waals surface area contributed by atoms with Crippen LogP contribution in [0.3, 0.4) is 0 Å². The number of likely N-dealkylation sites (N-methyl/N-ethyl adjacent to an activating group) is 1. The second-order valence-corrected chi connectivity index (χ2v) is 6.04. The number of hydrogen-bond donors (Lipinski definition) is 2. The van der Waals surface area contributed by atoms with E-state index in [0.717, 1.165) is 25.2 Å². The normalized spacial score (nSPS) is 17.2. The molecule has 0 amide bonds. The quantitative estimate of drug-likeness (QED) is 0.740. The van der Waals surface area contributed by atoms with Crippen molar-refractivity contribution in [2.45, 2.75) is 12.5 Å². The van der Waals surface area contributed by atoms with Crippen LogP contribution in [0, 0.1) is 0 Å². The molecule has 2 N–H and O–H groups in total. The molecule has 8 heteroatoms. The first-order chi connectivity index (χ1) is 12.2. The van der Waals surface area contributed by atoms with Crippen molar-refractivity contribution in [3.8, 4) is 22.7 Å². The molecule has 2 aromatic heterocycles. The Kier molecular flexibility index (Phi) is 4.02. The van der Waals surface area contributed by atoms with Gasteiger partial charge in [0.1, 0.15) is 11.4 Å². The van der Waals surface area contributed by atoms with Gasteiger partial charge in [-0.25, -0.2) is 9.97 Å². The minimum absolute atomic E-state index is 0.131. The molecule has 1 fully saturated rings. The summed E-state index contributed by atoms with van der Waals surface area (Å²) >= 11 is 0. The van der Waals surface area contributed by atoms with Crippen LogP contribution in [0.15, 0.2) is 43.1 Å². The first-order valence-corrected chi connectivity index (χ1v) is 8.18. The van der Waals surface area contributed by atoms with Gasteiger partial charge in [0, 0.05) is 43.2 Å². The van der Waals surface area contributed by atoms with Gasteiger partial charge in [0.2, 0.25) is 5.95 Å². The van der Waals surface area contributed by atoms with Crippen LogP contribution in [0.4, 0.5) is 5.95 Å². The molecule has 1 aliphatic rings. The minimum Gasteiger partial charge on any atom is -0.507 e. The fourth-order valence-corrected chi connectivity index (χ4v) is 3.02. The van der Waals surface area contributed by atoms with Crippen LogP contribution in [0.2, 0.25) is 0 Å². The first-order valence-electron chi connectivity index (χ1n) is 8.18. The molecule has 0 saturated carbocycles. The van der Waals surface area contributed by atoms with Gasteiger partial charge in [-0.3, -0.25) is 0 Å². The molecule has 0 bridgehead atoms. The number of aromatic nitrogens is 5. The Bertz CT molecular complexity index is 848. The second-order valence-electron chi connectivity index (χ2n) is 6.04. The van der Waals surface area contributed by atoms with E-state index in [0.29, 0.717) is 23.2 Å². The summed E-state index contributed by atoms with van der Waals surface area (Å²) in [5, 5.41) is 22.1. The fourth-order valence-electron chi connectivity index (χ4n) is 3.02. The Morgan fingerprint density at radius 2 is 2.20 bits per heavy atom. The summed E-state index contributed by atoms with van der Waals surface area (Å²) in [6.07, 6.45) is 7.91. The highest BCUT2D eigenvalue weighted by atomic mass is 16.3. The van der Waals surface area contributed by atoms with E-state index in [2.05, 4.69) is 30.4 Å². The predicted molar refractivity (Wildman–Crippen MR) is 93.7 cm³/mol. The molecule has 4 rings (SSSR count). The number of hydrogen-bond acceptors (Lipinski definition) is 7. The molecule has 1 saturated heterocycles. The molecule has 1 unspecified atom stereocenters. The summed E-state index contributed by atoms with van der Waals surface area (Å²) in [6.45, 7) is 1.79. The molecule has 3 heterocycles. The molecule has 25 heavy (non-hydrogen) atoms. The van der Waals surface area contributed by atoms with E-state index < -0.39 is 0 Å². The molecule has 8 nitrogen and oxygen atoms in total. The van der Waals surface area contributed by atoms with E-state index in [-0.39, 0.29) is 5.75 Å². The SMILES string of the molecule is CNC1CCN(c2ncc(-c3ccc(-n4ccnc4)cc3O)nn2)C1. The molecule has 1 aliphatic heterocycles. The summed E-state index contributed by atoms with van der Waals surface area (Å²) in [5.74, 6) is 0.752. The monoisotopic (exact) mass is 337 g/mol. The van der Waals surface area contributed by atoms with Gasteiger partial charge in [-0.05, 0) is 25.6 Å². The van der Waals surface area contributed by atoms with Crippen molar-refractivity contribution < 1.29 is 5.11 Å². The van der Waals surface area contributed by atoms with Crippen LogP contribution >= 0.6 is 0 Å². The van der Waals surface area contributed by atoms with Crippen LogP contribution in [0.1, 0.15) is 6.42 Å². The van der Waals surface area contributed by atoms with Crippen molar-refractivity contribution >= 4 is 5.95 Å². The first kappa shape index (κ1) is 15.5. The Hall–Kier alpha value is -3.00. The molecular formula is C17H19N7O. The smallest absolute Gasteiger partial charge is 0.245 e. The molecular weight excluding hydrogens is 318 g/mol. The van der Waals surface area contributed by atoms with Crippen molar-refractivity contribution in [3.63, 3.8) is 0 Å². The molecule has 1 atom stereocenters. The Labute approximate surface area is 145 Å². The minimum atomic E-state index is 0.131. The largest absolute Gasteiger partial charge is 0.507 e. The van der Waals surface area contributed by atoms with Gasteiger partial charge in [0.05, 0.1) is 18.2 Å². The molecule has 0 spiro atoms. The van der Waals surface area contributed by atoms with Crippen molar-refractivity contribution in [2.24, 2.45) is 0 Å². The van der Waals surface area contributed by atoms with Gasteiger partial charge in [0.15, 0.2) is 0 Å². The van der Waals surface area contributed by atoms with E-state index in [4.69, 9.17) is 0 Å². The highest BCUT2D eigenvalue weighted by Gasteiger charge is 2.23. The number of phenolic OH excluding ortho intramolecular Hbond substituents is 1. The predicted octanol–water partition coefficient (Wildman–Crippen LogP) is 1.23. The number of anilines is 1. The summed E-state index contributed by atoms with van der Waals surface area (Å²) < 4.78 is 1.82. The van der Waals surface area contributed by atoms with E-state index >= 15 is 0 Å². The lowest BCUT2D eigenvalue weighted by atomic mass is 10.1. The van der Waals surface area contributed by atoms with E-state index in [1.54, 1.807) is 24.8 Å². The van der Waals surface area contributed by atoms with Crippen LogP contribution in [0.25, 0.3) is 16.9 Å². The summed E-state index contributed by atoms with van der Waals surface area (Å²) in [6, 6.07) is 5.83. The van der Waals surface area contributed by atoms with Gasteiger partial charge in [0.25, 0.3) is 0 Å². The molecule has 0 aliphatic carbocycles. The lowest BCUT2D eigenvalue weighted by Crippen LogP contribution is -2.30. The Balaban J connectivity index is 1.56. The van der Waals surface area contributed by atoms with Gasteiger partial charge in [-0.1, -0.05) is 0 Å². The third-order valence-electron chi connectivity index (χ3n) is 4.49. The third-order valence-corrected chi connectivity index (χ3v) is 4.49. The van der Waals surface area contributed by atoms with Crippen molar-refractivity contribution in [1.29, 1.82) is 0 Å². The number of imidazole rings is 1. The molecule has 1 aromatic carbocycles. The zero-order chi connectivity index (χ0) is 17.2. The van der Waals surface area contributed by atoms with E-state index in [1.807, 2.05) is 29.9 Å². The highest BCUT2D eigenvalue weighted by molar-refractivity contribution is 5.68. The summed E-state index contributed by atoms with van der Waals surface area (Å²) in [4.78, 5) is 10.5. The van der Waals surface area contributed by atoms with Gasteiger partial charge in [-0.2, -0.15) is 0 Å². The maximum atomic E-state index is 10.3. The maximum absolute atomic E-state index is 10.3. The van der Waals surface area contributed by atoms with Crippen LogP contribution < -0.4 is 10.2 Å². The zero-order valence-corrected chi connectivity index (χ0v) is 13.9. The topological polar surface area (TPSA) is 92.0 Å². The third kappa shape index (κ3) is 3.03. The maximum Gasteiger partial charge on any atom is 0.245 e. The lowest BCUT2D eigenvalue weighted by molar-refractivity contribution is 0.476. The van der Waals surface area contributed by atoms with E-state index in [1.165, 1.54) is 0 Å². The van der Waals surface area contributed by atoms with Gasteiger partial charge in [-0.15, -0.1) is 10.2 Å². The van der Waals surface area contributed by atoms with Crippen LogP contribution in [-0.2, 0) is 0 Å². The number of benzene rings is 1. The number of nitrogens with one attached hydrogen (secondary N) is 1. The second kappa shape index (κ2) is 6.48. The molecule has 128 valence electrons.